The molecule has 1 atom stereocenters. The molecule has 0 aromatic carbocycles. The fourth-order valence-electron chi connectivity index (χ4n) is 1.51. The summed E-state index contributed by atoms with van der Waals surface area (Å²) >= 11 is 0. The van der Waals surface area contributed by atoms with E-state index in [2.05, 4.69) is 4.98 Å². The molecule has 0 aliphatic heterocycles. The molecule has 90 valence electrons. The molecule has 0 radical (unpaired) electrons. The van der Waals surface area contributed by atoms with E-state index in [1.54, 1.807) is 24.5 Å². The van der Waals surface area contributed by atoms with Gasteiger partial charge >= 0.3 is 0 Å². The van der Waals surface area contributed by atoms with Gasteiger partial charge in [0, 0.05) is 32.0 Å². The van der Waals surface area contributed by atoms with Gasteiger partial charge in [-0.3, -0.25) is 9.88 Å². The van der Waals surface area contributed by atoms with E-state index in [1.165, 1.54) is 0 Å². The van der Waals surface area contributed by atoms with E-state index < -0.39 is 6.10 Å². The number of aliphatic hydroxyl groups is 3. The van der Waals surface area contributed by atoms with Crippen molar-refractivity contribution in [1.29, 1.82) is 0 Å². The molecule has 1 rings (SSSR count). The lowest BCUT2D eigenvalue weighted by atomic mass is 10.1. The third kappa shape index (κ3) is 4.24. The molecule has 1 aromatic heterocycles. The molecule has 1 aromatic rings. The summed E-state index contributed by atoms with van der Waals surface area (Å²) in [4.78, 5) is 5.69. The maximum atomic E-state index is 9.91. The van der Waals surface area contributed by atoms with Gasteiger partial charge in [-0.25, -0.2) is 0 Å². The van der Waals surface area contributed by atoms with Gasteiger partial charge in [0.15, 0.2) is 0 Å². The van der Waals surface area contributed by atoms with Crippen LogP contribution < -0.4 is 0 Å². The summed E-state index contributed by atoms with van der Waals surface area (Å²) < 4.78 is 0. The smallest absolute Gasteiger partial charge is 0.0918 e. The van der Waals surface area contributed by atoms with E-state index in [-0.39, 0.29) is 13.2 Å². The second kappa shape index (κ2) is 7.29. The Morgan fingerprint density at radius 1 is 1.12 bits per heavy atom. The SMILES string of the molecule is OCCN(CCO)CC(O)c1ccncc1. The molecular formula is C11H18N2O3. The predicted molar refractivity (Wildman–Crippen MR) is 59.8 cm³/mol. The van der Waals surface area contributed by atoms with Crippen molar-refractivity contribution in [3.8, 4) is 0 Å². The van der Waals surface area contributed by atoms with Crippen LogP contribution in [-0.2, 0) is 0 Å². The van der Waals surface area contributed by atoms with E-state index in [0.29, 0.717) is 19.6 Å². The maximum absolute atomic E-state index is 9.91. The van der Waals surface area contributed by atoms with Gasteiger partial charge in [0.25, 0.3) is 0 Å². The maximum Gasteiger partial charge on any atom is 0.0918 e. The first-order valence-electron chi connectivity index (χ1n) is 5.30. The lowest BCUT2D eigenvalue weighted by Crippen LogP contribution is -2.33. The van der Waals surface area contributed by atoms with Crippen molar-refractivity contribution in [2.45, 2.75) is 6.10 Å². The van der Waals surface area contributed by atoms with Gasteiger partial charge in [0.05, 0.1) is 19.3 Å². The van der Waals surface area contributed by atoms with Crippen molar-refractivity contribution < 1.29 is 15.3 Å². The summed E-state index contributed by atoms with van der Waals surface area (Å²) in [5.41, 5.74) is 0.788. The first-order valence-corrected chi connectivity index (χ1v) is 5.30. The van der Waals surface area contributed by atoms with E-state index in [1.807, 2.05) is 4.90 Å². The van der Waals surface area contributed by atoms with Crippen molar-refractivity contribution in [2.75, 3.05) is 32.8 Å². The fourth-order valence-corrected chi connectivity index (χ4v) is 1.51. The Hall–Kier alpha value is -1.01. The Morgan fingerprint density at radius 3 is 2.19 bits per heavy atom. The molecule has 0 spiro atoms. The highest BCUT2D eigenvalue weighted by atomic mass is 16.3. The van der Waals surface area contributed by atoms with Crippen molar-refractivity contribution in [3.63, 3.8) is 0 Å². The third-order valence-corrected chi connectivity index (χ3v) is 2.35. The summed E-state index contributed by atoms with van der Waals surface area (Å²) in [6, 6.07) is 3.50. The molecule has 16 heavy (non-hydrogen) atoms. The third-order valence-electron chi connectivity index (χ3n) is 2.35. The molecule has 0 saturated heterocycles. The van der Waals surface area contributed by atoms with Gasteiger partial charge in [-0.15, -0.1) is 0 Å². The van der Waals surface area contributed by atoms with Crippen LogP contribution in [0.3, 0.4) is 0 Å². The van der Waals surface area contributed by atoms with Crippen LogP contribution >= 0.6 is 0 Å². The van der Waals surface area contributed by atoms with Gasteiger partial charge in [-0.2, -0.15) is 0 Å². The zero-order valence-electron chi connectivity index (χ0n) is 9.16. The second-order valence-corrected chi connectivity index (χ2v) is 3.54. The van der Waals surface area contributed by atoms with Crippen LogP contribution in [0.25, 0.3) is 0 Å². The lowest BCUT2D eigenvalue weighted by Gasteiger charge is -2.23. The molecule has 3 N–H and O–H groups in total. The summed E-state index contributed by atoms with van der Waals surface area (Å²) in [6.07, 6.45) is 2.63. The minimum Gasteiger partial charge on any atom is -0.395 e. The van der Waals surface area contributed by atoms with Gasteiger partial charge in [-0.1, -0.05) is 0 Å². The lowest BCUT2D eigenvalue weighted by molar-refractivity contribution is 0.0874. The largest absolute Gasteiger partial charge is 0.395 e. The molecule has 0 saturated carbocycles. The topological polar surface area (TPSA) is 76.8 Å². The van der Waals surface area contributed by atoms with Crippen molar-refractivity contribution in [3.05, 3.63) is 30.1 Å². The molecule has 5 nitrogen and oxygen atoms in total. The van der Waals surface area contributed by atoms with E-state index in [9.17, 15) is 5.11 Å². The average molecular weight is 226 g/mol. The van der Waals surface area contributed by atoms with E-state index in [0.717, 1.165) is 5.56 Å². The van der Waals surface area contributed by atoms with Gasteiger partial charge in [-0.05, 0) is 17.7 Å². The summed E-state index contributed by atoms with van der Waals surface area (Å²) in [5, 5.41) is 27.6. The highest BCUT2D eigenvalue weighted by Gasteiger charge is 2.12. The Morgan fingerprint density at radius 2 is 1.69 bits per heavy atom. The Balaban J connectivity index is 2.50. The average Bonchev–Trinajstić information content (AvgIpc) is 2.31. The highest BCUT2D eigenvalue weighted by molar-refractivity contribution is 5.13. The van der Waals surface area contributed by atoms with Crippen molar-refractivity contribution in [1.82, 2.24) is 9.88 Å². The quantitative estimate of drug-likeness (QED) is 0.579. The van der Waals surface area contributed by atoms with Crippen LogP contribution in [0, 0.1) is 0 Å². The molecule has 0 fully saturated rings. The standard InChI is InChI=1S/C11H18N2O3/c14-7-5-13(6-8-15)9-11(16)10-1-3-12-4-2-10/h1-4,11,14-16H,5-9H2. The number of aromatic nitrogens is 1. The summed E-state index contributed by atoms with van der Waals surface area (Å²) in [5.74, 6) is 0. The predicted octanol–water partition coefficient (Wildman–Crippen LogP) is -0.598. The zero-order chi connectivity index (χ0) is 11.8. The Kier molecular flexibility index (Phi) is 5.95. The second-order valence-electron chi connectivity index (χ2n) is 3.54. The molecule has 0 aliphatic rings. The molecule has 0 aliphatic carbocycles. The monoisotopic (exact) mass is 226 g/mol. The zero-order valence-corrected chi connectivity index (χ0v) is 9.16. The van der Waals surface area contributed by atoms with Crippen LogP contribution in [0.1, 0.15) is 11.7 Å². The molecule has 0 amide bonds. The van der Waals surface area contributed by atoms with Crippen molar-refractivity contribution >= 4 is 0 Å². The molecule has 1 heterocycles. The van der Waals surface area contributed by atoms with Gasteiger partial charge in [0.2, 0.25) is 0 Å². The molecular weight excluding hydrogens is 208 g/mol. The number of hydrogen-bond donors (Lipinski definition) is 3. The fraction of sp³-hybridized carbons (Fsp3) is 0.545. The van der Waals surface area contributed by atoms with Crippen LogP contribution in [0.15, 0.2) is 24.5 Å². The highest BCUT2D eigenvalue weighted by Crippen LogP contribution is 2.12. The summed E-state index contributed by atoms with van der Waals surface area (Å²) in [7, 11) is 0. The number of hydrogen-bond acceptors (Lipinski definition) is 5. The Bertz CT molecular complexity index is 276. The van der Waals surface area contributed by atoms with Crippen LogP contribution in [0.5, 0.6) is 0 Å². The van der Waals surface area contributed by atoms with Crippen molar-refractivity contribution in [2.24, 2.45) is 0 Å². The van der Waals surface area contributed by atoms with E-state index in [4.69, 9.17) is 10.2 Å². The number of rotatable bonds is 7. The first-order chi connectivity index (χ1) is 7.77. The number of aliphatic hydroxyl groups excluding tert-OH is 3. The first kappa shape index (κ1) is 13.1. The minimum atomic E-state index is -0.624. The Labute approximate surface area is 95.0 Å². The molecule has 5 heteroatoms. The van der Waals surface area contributed by atoms with Gasteiger partial charge < -0.3 is 15.3 Å². The number of nitrogens with zero attached hydrogens (tertiary/aromatic N) is 2. The van der Waals surface area contributed by atoms with E-state index >= 15 is 0 Å². The van der Waals surface area contributed by atoms with Crippen LogP contribution in [0.4, 0.5) is 0 Å². The summed E-state index contributed by atoms with van der Waals surface area (Å²) in [6.45, 7) is 1.32. The van der Waals surface area contributed by atoms with Crippen LogP contribution in [0.2, 0.25) is 0 Å². The normalized spacial score (nSPS) is 13.0. The van der Waals surface area contributed by atoms with Gasteiger partial charge in [0.1, 0.15) is 0 Å². The number of pyridine rings is 1. The molecule has 0 bridgehead atoms. The molecule has 1 unspecified atom stereocenters. The minimum absolute atomic E-state index is 0.0169. The van der Waals surface area contributed by atoms with Crippen LogP contribution in [-0.4, -0.2) is 58.1 Å².